The van der Waals surface area contributed by atoms with E-state index >= 15 is 0 Å². The lowest BCUT2D eigenvalue weighted by Crippen LogP contribution is -2.39. The Balaban J connectivity index is 1.50. The monoisotopic (exact) mass is 422 g/mol. The Morgan fingerprint density at radius 1 is 1.11 bits per heavy atom. The Hall–Kier alpha value is -1.79. The molecule has 6 nitrogen and oxygen atoms in total. The van der Waals surface area contributed by atoms with E-state index in [-0.39, 0.29) is 23.6 Å². The number of carbonyl (C=O) groups excluding carboxylic acids is 1. The maximum Gasteiger partial charge on any atom is 0.345 e. The number of amides is 1. The van der Waals surface area contributed by atoms with Crippen molar-refractivity contribution in [2.24, 2.45) is 7.05 Å². The van der Waals surface area contributed by atoms with Gasteiger partial charge in [0, 0.05) is 37.1 Å². The van der Waals surface area contributed by atoms with E-state index in [0.717, 1.165) is 31.5 Å². The van der Waals surface area contributed by atoms with Crippen LogP contribution >= 0.6 is 23.2 Å². The number of rotatable bonds is 3. The number of hydrogen-bond donors (Lipinski definition) is 0. The molecule has 1 aromatic heterocycles. The van der Waals surface area contributed by atoms with Gasteiger partial charge in [-0.3, -0.25) is 9.36 Å². The third-order valence-electron chi connectivity index (χ3n) is 5.98. The Morgan fingerprint density at radius 2 is 1.79 bits per heavy atom. The molecule has 150 valence electrons. The number of carbonyl (C=O) groups is 1. The van der Waals surface area contributed by atoms with Crippen LogP contribution in [0.15, 0.2) is 23.0 Å². The minimum Gasteiger partial charge on any atom is -0.339 e. The largest absolute Gasteiger partial charge is 0.345 e. The van der Waals surface area contributed by atoms with E-state index in [0.29, 0.717) is 28.7 Å². The van der Waals surface area contributed by atoms with Gasteiger partial charge in [0.05, 0.1) is 10.6 Å². The van der Waals surface area contributed by atoms with E-state index in [4.69, 9.17) is 23.2 Å². The fraction of sp³-hybridized carbons (Fsp3) is 0.550. The van der Waals surface area contributed by atoms with Crippen molar-refractivity contribution in [3.63, 3.8) is 0 Å². The Kier molecular flexibility index (Phi) is 5.52. The zero-order valence-electron chi connectivity index (χ0n) is 15.9. The zero-order valence-corrected chi connectivity index (χ0v) is 17.4. The number of piperidine rings is 1. The second-order valence-electron chi connectivity index (χ2n) is 7.76. The molecular formula is C20H24Cl2N4O2. The highest BCUT2D eigenvalue weighted by molar-refractivity contribution is 6.35. The third kappa shape index (κ3) is 3.60. The molecule has 1 saturated carbocycles. The summed E-state index contributed by atoms with van der Waals surface area (Å²) in [4.78, 5) is 27.3. The fourth-order valence-electron chi connectivity index (χ4n) is 4.46. The number of hydrogen-bond acceptors (Lipinski definition) is 3. The van der Waals surface area contributed by atoms with Crippen molar-refractivity contribution >= 4 is 29.1 Å². The maximum absolute atomic E-state index is 12.9. The highest BCUT2D eigenvalue weighted by Gasteiger charge is 2.32. The third-order valence-corrected chi connectivity index (χ3v) is 6.54. The minimum atomic E-state index is -0.0971. The minimum absolute atomic E-state index is 0.0221. The van der Waals surface area contributed by atoms with Gasteiger partial charge in [-0.25, -0.2) is 9.48 Å². The van der Waals surface area contributed by atoms with Crippen LogP contribution in [0.2, 0.25) is 10.0 Å². The van der Waals surface area contributed by atoms with Gasteiger partial charge in [0.1, 0.15) is 5.82 Å². The van der Waals surface area contributed by atoms with E-state index in [1.807, 2.05) is 9.47 Å². The Morgan fingerprint density at radius 3 is 2.46 bits per heavy atom. The van der Waals surface area contributed by atoms with Crippen molar-refractivity contribution in [2.45, 2.75) is 50.5 Å². The molecule has 1 saturated heterocycles. The number of aromatic nitrogens is 3. The molecule has 1 amide bonds. The molecule has 0 unspecified atom stereocenters. The molecule has 2 aliphatic rings. The summed E-state index contributed by atoms with van der Waals surface area (Å²) in [7, 11) is 1.72. The van der Waals surface area contributed by atoms with Gasteiger partial charge >= 0.3 is 5.69 Å². The summed E-state index contributed by atoms with van der Waals surface area (Å²) in [6.45, 7) is 1.23. The first-order valence-corrected chi connectivity index (χ1v) is 10.6. The van der Waals surface area contributed by atoms with E-state index in [2.05, 4.69) is 5.10 Å². The lowest BCUT2D eigenvalue weighted by molar-refractivity contribution is 0.0710. The first kappa shape index (κ1) is 19.5. The predicted molar refractivity (Wildman–Crippen MR) is 109 cm³/mol. The summed E-state index contributed by atoms with van der Waals surface area (Å²) in [6.07, 6.45) is 5.99. The highest BCUT2D eigenvalue weighted by Crippen LogP contribution is 2.34. The molecular weight excluding hydrogens is 399 g/mol. The standard InChI is InChI=1S/C20H24Cl2N4O2/c1-24-20(28)26(15-4-2-3-5-15)18(23-24)13-8-10-25(11-9-13)19(27)16-12-14(21)6-7-17(16)22/h6-7,12-13,15H,2-5,8-11H2,1H3. The quantitative estimate of drug-likeness (QED) is 0.749. The molecule has 0 bridgehead atoms. The predicted octanol–water partition coefficient (Wildman–Crippen LogP) is 4.02. The van der Waals surface area contributed by atoms with Crippen LogP contribution < -0.4 is 5.69 Å². The van der Waals surface area contributed by atoms with Crippen LogP contribution in [0.4, 0.5) is 0 Å². The van der Waals surface area contributed by atoms with Crippen LogP contribution in [0.3, 0.4) is 0 Å². The molecule has 28 heavy (non-hydrogen) atoms. The normalized spacial score (nSPS) is 18.8. The van der Waals surface area contributed by atoms with E-state index in [1.54, 1.807) is 25.2 Å². The van der Waals surface area contributed by atoms with Crippen LogP contribution in [0, 0.1) is 0 Å². The molecule has 1 aliphatic carbocycles. The molecule has 0 radical (unpaired) electrons. The first-order chi connectivity index (χ1) is 13.5. The molecule has 1 aliphatic heterocycles. The number of aryl methyl sites for hydroxylation is 1. The number of likely N-dealkylation sites (tertiary alicyclic amines) is 1. The van der Waals surface area contributed by atoms with Gasteiger partial charge in [0.2, 0.25) is 0 Å². The van der Waals surface area contributed by atoms with E-state index in [9.17, 15) is 9.59 Å². The molecule has 0 atom stereocenters. The summed E-state index contributed by atoms with van der Waals surface area (Å²) in [6, 6.07) is 5.21. The molecule has 0 spiro atoms. The number of nitrogens with zero attached hydrogens (tertiary/aromatic N) is 4. The van der Waals surface area contributed by atoms with Gasteiger partial charge in [0.25, 0.3) is 5.91 Å². The lowest BCUT2D eigenvalue weighted by Gasteiger charge is -2.32. The zero-order chi connectivity index (χ0) is 19.8. The summed E-state index contributed by atoms with van der Waals surface area (Å²) in [5.74, 6) is 0.973. The second-order valence-corrected chi connectivity index (χ2v) is 8.61. The van der Waals surface area contributed by atoms with Crippen molar-refractivity contribution < 1.29 is 4.79 Å². The van der Waals surface area contributed by atoms with Crippen LogP contribution in [0.1, 0.15) is 66.7 Å². The van der Waals surface area contributed by atoms with E-state index in [1.165, 1.54) is 17.5 Å². The summed E-state index contributed by atoms with van der Waals surface area (Å²) in [5.41, 5.74) is 0.416. The molecule has 4 rings (SSSR count). The van der Waals surface area contributed by atoms with Crippen molar-refractivity contribution in [2.75, 3.05) is 13.1 Å². The van der Waals surface area contributed by atoms with E-state index < -0.39 is 0 Å². The van der Waals surface area contributed by atoms with Crippen molar-refractivity contribution in [1.29, 1.82) is 0 Å². The number of benzene rings is 1. The number of halogens is 2. The van der Waals surface area contributed by atoms with Crippen LogP contribution in [-0.2, 0) is 7.05 Å². The molecule has 2 fully saturated rings. The molecule has 2 heterocycles. The topological polar surface area (TPSA) is 60.1 Å². The SMILES string of the molecule is Cn1nc(C2CCN(C(=O)c3cc(Cl)ccc3Cl)CC2)n(C2CCCC2)c1=O. The second kappa shape index (κ2) is 7.91. The Labute approximate surface area is 174 Å². The molecule has 2 aromatic rings. The van der Waals surface area contributed by atoms with Crippen molar-refractivity contribution in [1.82, 2.24) is 19.2 Å². The van der Waals surface area contributed by atoms with Gasteiger partial charge in [-0.1, -0.05) is 36.0 Å². The van der Waals surface area contributed by atoms with Crippen LogP contribution in [0.5, 0.6) is 0 Å². The van der Waals surface area contributed by atoms with Crippen LogP contribution in [-0.4, -0.2) is 38.2 Å². The van der Waals surface area contributed by atoms with Gasteiger partial charge in [0.15, 0.2) is 0 Å². The average Bonchev–Trinajstić information content (AvgIpc) is 3.32. The van der Waals surface area contributed by atoms with Gasteiger partial charge < -0.3 is 4.90 Å². The van der Waals surface area contributed by atoms with Gasteiger partial charge in [-0.05, 0) is 43.9 Å². The Bertz CT molecular complexity index is 938. The summed E-state index contributed by atoms with van der Waals surface area (Å²) < 4.78 is 3.37. The van der Waals surface area contributed by atoms with Crippen LogP contribution in [0.25, 0.3) is 0 Å². The summed E-state index contributed by atoms with van der Waals surface area (Å²) >= 11 is 12.2. The summed E-state index contributed by atoms with van der Waals surface area (Å²) in [5, 5.41) is 5.47. The van der Waals surface area contributed by atoms with Crippen molar-refractivity contribution in [3.8, 4) is 0 Å². The van der Waals surface area contributed by atoms with Gasteiger partial charge in [-0.2, -0.15) is 5.10 Å². The highest BCUT2D eigenvalue weighted by atomic mass is 35.5. The molecule has 1 aromatic carbocycles. The smallest absolute Gasteiger partial charge is 0.339 e. The molecule has 8 heteroatoms. The maximum atomic E-state index is 12.9. The fourth-order valence-corrected chi connectivity index (χ4v) is 4.83. The van der Waals surface area contributed by atoms with Crippen molar-refractivity contribution in [3.05, 3.63) is 50.1 Å². The first-order valence-electron chi connectivity index (χ1n) is 9.85. The van der Waals surface area contributed by atoms with Gasteiger partial charge in [-0.15, -0.1) is 0 Å². The lowest BCUT2D eigenvalue weighted by atomic mass is 9.95. The molecule has 0 N–H and O–H groups in total. The average molecular weight is 423 g/mol.